The lowest BCUT2D eigenvalue weighted by molar-refractivity contribution is 0.139. The van der Waals surface area contributed by atoms with Gasteiger partial charge in [-0.25, -0.2) is 9.78 Å². The molecule has 30 heavy (non-hydrogen) atoms. The molecule has 0 spiro atoms. The molecule has 3 atom stereocenters. The van der Waals surface area contributed by atoms with E-state index in [4.69, 9.17) is 4.74 Å². The Bertz CT molecular complexity index is 811. The molecule has 2 aromatic rings. The van der Waals surface area contributed by atoms with E-state index >= 15 is 0 Å². The van der Waals surface area contributed by atoms with Crippen LogP contribution in [-0.4, -0.2) is 53.8 Å². The predicted octanol–water partition coefficient (Wildman–Crippen LogP) is 3.19. The normalized spacial score (nSPS) is 20.5. The average molecular weight is 414 g/mol. The lowest BCUT2D eigenvalue weighted by atomic mass is 9.92. The molecule has 2 N–H and O–H groups in total. The van der Waals surface area contributed by atoms with Crippen LogP contribution in [0.2, 0.25) is 0 Å². The minimum Gasteiger partial charge on any atom is -0.497 e. The van der Waals surface area contributed by atoms with E-state index in [0.29, 0.717) is 6.54 Å². The second-order valence-electron chi connectivity index (χ2n) is 8.57. The number of hydrogen-bond donors (Lipinski definition) is 2. The quantitative estimate of drug-likeness (QED) is 0.652. The van der Waals surface area contributed by atoms with E-state index < -0.39 is 0 Å². The number of nitrogens with zero attached hydrogens (tertiary/aromatic N) is 3. The summed E-state index contributed by atoms with van der Waals surface area (Å²) in [5.74, 6) is 3.03. The van der Waals surface area contributed by atoms with Crippen LogP contribution in [0.4, 0.5) is 4.79 Å². The van der Waals surface area contributed by atoms with E-state index in [-0.39, 0.29) is 12.1 Å². The van der Waals surface area contributed by atoms with Crippen LogP contribution >= 0.6 is 0 Å². The monoisotopic (exact) mass is 413 g/mol. The first-order chi connectivity index (χ1) is 14.5. The zero-order chi connectivity index (χ0) is 21.5. The smallest absolute Gasteiger partial charge is 0.315 e. The maximum Gasteiger partial charge on any atom is 0.315 e. The fourth-order valence-electron chi connectivity index (χ4n) is 4.43. The molecule has 7 heteroatoms. The summed E-state index contributed by atoms with van der Waals surface area (Å²) in [5.41, 5.74) is 0.926. The molecule has 0 saturated carbocycles. The van der Waals surface area contributed by atoms with Crippen LogP contribution in [-0.2, 0) is 7.05 Å². The first-order valence-electron chi connectivity index (χ1n) is 10.8. The van der Waals surface area contributed by atoms with Gasteiger partial charge in [0.2, 0.25) is 0 Å². The number of likely N-dealkylation sites (tertiary alicyclic amines) is 1. The molecular weight excluding hydrogens is 378 g/mol. The Balaban J connectivity index is 1.55. The summed E-state index contributed by atoms with van der Waals surface area (Å²) in [6.07, 6.45) is 5.88. The van der Waals surface area contributed by atoms with Crippen molar-refractivity contribution in [3.8, 4) is 5.75 Å². The number of rotatable bonds is 8. The molecule has 3 unspecified atom stereocenters. The van der Waals surface area contributed by atoms with E-state index in [1.807, 2.05) is 42.1 Å². The number of carbonyl (C=O) groups is 1. The van der Waals surface area contributed by atoms with Crippen molar-refractivity contribution in [3.05, 3.63) is 48.0 Å². The van der Waals surface area contributed by atoms with Gasteiger partial charge < -0.3 is 24.8 Å². The topological polar surface area (TPSA) is 71.4 Å². The Morgan fingerprint density at radius 1 is 1.30 bits per heavy atom. The molecule has 164 valence electrons. The highest BCUT2D eigenvalue weighted by Gasteiger charge is 2.22. The minimum absolute atomic E-state index is 0.189. The Kier molecular flexibility index (Phi) is 7.74. The maximum atomic E-state index is 12.6. The van der Waals surface area contributed by atoms with Crippen LogP contribution in [0, 0.1) is 11.8 Å². The number of amides is 2. The standard InChI is InChI=1S/C23H35N5O2/c1-17-13-18(2)16-28(15-17)11-6-9-25-23(29)26-21(22-24-10-12-27(22)3)19-7-5-8-20(14-19)30-4/h5,7-8,10,12,14,17-18,21H,6,9,11,13,15-16H2,1-4H3,(H2,25,26,29). The van der Waals surface area contributed by atoms with E-state index in [0.717, 1.165) is 55.0 Å². The molecule has 1 fully saturated rings. The second-order valence-corrected chi connectivity index (χ2v) is 8.57. The third kappa shape index (κ3) is 5.98. The second kappa shape index (κ2) is 10.5. The Labute approximate surface area is 179 Å². The fraction of sp³-hybridized carbons (Fsp3) is 0.565. The molecule has 1 aromatic carbocycles. The molecule has 1 aliphatic rings. The largest absolute Gasteiger partial charge is 0.497 e. The SMILES string of the molecule is COc1cccc(C(NC(=O)NCCCN2CC(C)CC(C)C2)c2nccn2C)c1. The zero-order valence-electron chi connectivity index (χ0n) is 18.6. The van der Waals surface area contributed by atoms with Crippen molar-refractivity contribution in [1.82, 2.24) is 25.1 Å². The van der Waals surface area contributed by atoms with E-state index in [2.05, 4.69) is 34.4 Å². The van der Waals surface area contributed by atoms with Crippen molar-refractivity contribution in [2.75, 3.05) is 33.3 Å². The molecule has 7 nitrogen and oxygen atoms in total. The van der Waals surface area contributed by atoms with Crippen molar-refractivity contribution in [2.45, 2.75) is 32.7 Å². The van der Waals surface area contributed by atoms with E-state index in [1.54, 1.807) is 13.3 Å². The van der Waals surface area contributed by atoms with Gasteiger partial charge in [-0.1, -0.05) is 26.0 Å². The molecule has 2 heterocycles. The lowest BCUT2D eigenvalue weighted by Crippen LogP contribution is -2.42. The van der Waals surface area contributed by atoms with Crippen LogP contribution in [0.5, 0.6) is 5.75 Å². The Morgan fingerprint density at radius 2 is 2.07 bits per heavy atom. The Hall–Kier alpha value is -2.54. The van der Waals surface area contributed by atoms with Gasteiger partial charge in [0.1, 0.15) is 17.6 Å². The van der Waals surface area contributed by atoms with Gasteiger partial charge in [0.15, 0.2) is 0 Å². The number of aryl methyl sites for hydroxylation is 1. The van der Waals surface area contributed by atoms with Crippen LogP contribution in [0.15, 0.2) is 36.7 Å². The molecular formula is C23H35N5O2. The number of urea groups is 1. The number of methoxy groups -OCH3 is 1. The summed E-state index contributed by atoms with van der Waals surface area (Å²) < 4.78 is 7.27. The van der Waals surface area contributed by atoms with Crippen LogP contribution in [0.1, 0.15) is 44.1 Å². The van der Waals surface area contributed by atoms with Crippen molar-refractivity contribution < 1.29 is 9.53 Å². The van der Waals surface area contributed by atoms with Crippen molar-refractivity contribution in [1.29, 1.82) is 0 Å². The molecule has 1 saturated heterocycles. The number of aromatic nitrogens is 2. The van der Waals surface area contributed by atoms with Crippen LogP contribution < -0.4 is 15.4 Å². The third-order valence-electron chi connectivity index (χ3n) is 5.70. The first-order valence-corrected chi connectivity index (χ1v) is 10.8. The summed E-state index contributed by atoms with van der Waals surface area (Å²) in [6, 6.07) is 7.17. The minimum atomic E-state index is -0.358. The van der Waals surface area contributed by atoms with Gasteiger partial charge in [-0.3, -0.25) is 0 Å². The van der Waals surface area contributed by atoms with Crippen molar-refractivity contribution in [3.63, 3.8) is 0 Å². The van der Waals surface area contributed by atoms with Gasteiger partial charge >= 0.3 is 6.03 Å². The third-order valence-corrected chi connectivity index (χ3v) is 5.70. The first kappa shape index (κ1) is 22.2. The van der Waals surface area contributed by atoms with Gasteiger partial charge in [-0.2, -0.15) is 0 Å². The molecule has 1 aromatic heterocycles. The number of carbonyl (C=O) groups excluding carboxylic acids is 1. The maximum absolute atomic E-state index is 12.6. The van der Waals surface area contributed by atoms with Crippen LogP contribution in [0.3, 0.4) is 0 Å². The van der Waals surface area contributed by atoms with Gasteiger partial charge in [0.25, 0.3) is 0 Å². The molecule has 2 amide bonds. The molecule has 0 radical (unpaired) electrons. The summed E-state index contributed by atoms with van der Waals surface area (Å²) in [7, 11) is 3.56. The number of ether oxygens (including phenoxy) is 1. The summed E-state index contributed by atoms with van der Waals surface area (Å²) in [4.78, 5) is 19.6. The van der Waals surface area contributed by atoms with Gasteiger partial charge in [-0.05, 0) is 48.9 Å². The van der Waals surface area contributed by atoms with Crippen molar-refractivity contribution in [2.24, 2.45) is 18.9 Å². The summed E-state index contributed by atoms with van der Waals surface area (Å²) in [5, 5.41) is 6.09. The molecule has 3 rings (SSSR count). The zero-order valence-corrected chi connectivity index (χ0v) is 18.6. The molecule has 0 aliphatic carbocycles. The van der Waals surface area contributed by atoms with Crippen LogP contribution in [0.25, 0.3) is 0 Å². The number of piperidine rings is 1. The van der Waals surface area contributed by atoms with E-state index in [9.17, 15) is 4.79 Å². The van der Waals surface area contributed by atoms with Gasteiger partial charge in [-0.15, -0.1) is 0 Å². The predicted molar refractivity (Wildman–Crippen MR) is 119 cm³/mol. The van der Waals surface area contributed by atoms with Gasteiger partial charge in [0, 0.05) is 39.1 Å². The van der Waals surface area contributed by atoms with Gasteiger partial charge in [0.05, 0.1) is 7.11 Å². The summed E-state index contributed by atoms with van der Waals surface area (Å²) in [6.45, 7) is 8.64. The number of nitrogens with one attached hydrogen (secondary N) is 2. The average Bonchev–Trinajstić information content (AvgIpc) is 3.14. The summed E-state index contributed by atoms with van der Waals surface area (Å²) >= 11 is 0. The number of hydrogen-bond acceptors (Lipinski definition) is 4. The van der Waals surface area contributed by atoms with Crippen molar-refractivity contribution >= 4 is 6.03 Å². The number of imidazole rings is 1. The van der Waals surface area contributed by atoms with E-state index in [1.165, 1.54) is 6.42 Å². The lowest BCUT2D eigenvalue weighted by Gasteiger charge is -2.34. The molecule has 1 aliphatic heterocycles. The molecule has 0 bridgehead atoms. The highest BCUT2D eigenvalue weighted by atomic mass is 16.5. The highest BCUT2D eigenvalue weighted by Crippen LogP contribution is 2.24. The Morgan fingerprint density at radius 3 is 2.73 bits per heavy atom. The number of benzene rings is 1. The highest BCUT2D eigenvalue weighted by molar-refractivity contribution is 5.74. The fourth-order valence-corrected chi connectivity index (χ4v) is 4.43.